The normalized spacial score (nSPS) is 14.2. The van der Waals surface area contributed by atoms with Crippen LogP contribution < -0.4 is 5.32 Å². The number of amides is 1. The average Bonchev–Trinajstić information content (AvgIpc) is 2.61. The molecule has 0 saturated carbocycles. The average molecular weight is 504 g/mol. The molecule has 172 valence electrons. The lowest BCUT2D eigenvalue weighted by molar-refractivity contribution is -0.407. The lowest BCUT2D eigenvalue weighted by atomic mass is 9.94. The Labute approximate surface area is 169 Å². The summed E-state index contributed by atoms with van der Waals surface area (Å²) in [7, 11) is 0. The highest BCUT2D eigenvalue weighted by molar-refractivity contribution is 6.42. The molecular weight excluding hydrogens is 497 g/mol. The molecule has 0 aromatic heterocycles. The summed E-state index contributed by atoms with van der Waals surface area (Å²) in [5, 5.41) is 0.721. The summed E-state index contributed by atoms with van der Waals surface area (Å²) >= 11 is 11.1. The van der Waals surface area contributed by atoms with E-state index in [1.54, 1.807) is 0 Å². The van der Waals surface area contributed by atoms with Crippen LogP contribution in [0, 0.1) is 0 Å². The molecule has 16 heteroatoms. The Kier molecular flexibility index (Phi) is 7.21. The monoisotopic (exact) mass is 503 g/mol. The number of halogens is 14. The lowest BCUT2D eigenvalue weighted by Crippen LogP contribution is -2.70. The minimum absolute atomic E-state index is 0.0644. The molecule has 0 unspecified atom stereocenters. The van der Waals surface area contributed by atoms with E-state index in [1.807, 2.05) is 0 Å². The number of nitrogens with one attached hydrogen (secondary N) is 1. The van der Waals surface area contributed by atoms with E-state index >= 15 is 0 Å². The van der Waals surface area contributed by atoms with Gasteiger partial charge in [0.1, 0.15) is 0 Å². The van der Waals surface area contributed by atoms with Gasteiger partial charge in [-0.2, -0.15) is 43.9 Å². The minimum Gasteiger partial charge on any atom is -0.347 e. The van der Waals surface area contributed by atoms with Gasteiger partial charge in [-0.3, -0.25) is 4.79 Å². The molecular formula is C14H7Cl2F12NO. The molecule has 0 radical (unpaired) electrons. The molecule has 30 heavy (non-hydrogen) atoms. The number of carbonyl (C=O) groups is 1. The molecule has 0 fully saturated rings. The van der Waals surface area contributed by atoms with Gasteiger partial charge in [0, 0.05) is 6.54 Å². The Balaban J connectivity index is 3.20. The molecule has 2 nitrogen and oxygen atoms in total. The maximum Gasteiger partial charge on any atom is 0.392 e. The molecule has 0 atom stereocenters. The second-order valence-electron chi connectivity index (χ2n) is 5.65. The van der Waals surface area contributed by atoms with Crippen LogP contribution >= 0.6 is 23.2 Å². The van der Waals surface area contributed by atoms with Gasteiger partial charge in [-0.25, -0.2) is 8.78 Å². The van der Waals surface area contributed by atoms with Crippen LogP contribution in [0.3, 0.4) is 0 Å². The second kappa shape index (κ2) is 8.17. The van der Waals surface area contributed by atoms with Crippen molar-refractivity contribution in [3.05, 3.63) is 33.8 Å². The molecule has 0 saturated heterocycles. The van der Waals surface area contributed by atoms with Crippen molar-refractivity contribution >= 4 is 29.1 Å². The van der Waals surface area contributed by atoms with Crippen LogP contribution in [0.2, 0.25) is 10.0 Å². The minimum atomic E-state index is -7.77. The fraction of sp³-hybridized carbons (Fsp3) is 0.500. The zero-order valence-corrected chi connectivity index (χ0v) is 15.2. The maximum atomic E-state index is 13.6. The van der Waals surface area contributed by atoms with Crippen LogP contribution in [0.1, 0.15) is 5.56 Å². The van der Waals surface area contributed by atoms with Gasteiger partial charge in [0.05, 0.1) is 10.0 Å². The molecule has 1 aromatic rings. The Morgan fingerprint density at radius 2 is 1.33 bits per heavy atom. The summed E-state index contributed by atoms with van der Waals surface area (Å²) in [5.41, 5.74) is -0.196. The molecule has 0 aliphatic carbocycles. The van der Waals surface area contributed by atoms with Gasteiger partial charge in [0.15, 0.2) is 0 Å². The molecule has 1 aromatic carbocycles. The van der Waals surface area contributed by atoms with Crippen LogP contribution in [-0.4, -0.2) is 41.9 Å². The van der Waals surface area contributed by atoms with Gasteiger partial charge in [0.2, 0.25) is 0 Å². The van der Waals surface area contributed by atoms with E-state index in [0.717, 1.165) is 23.5 Å². The summed E-state index contributed by atoms with van der Waals surface area (Å²) in [4.78, 5) is 11.3. The van der Waals surface area contributed by atoms with Crippen LogP contribution in [-0.2, 0) is 11.3 Å². The van der Waals surface area contributed by atoms with Crippen LogP contribution in [0.25, 0.3) is 0 Å². The van der Waals surface area contributed by atoms with Crippen molar-refractivity contribution in [1.29, 1.82) is 0 Å². The van der Waals surface area contributed by atoms with Gasteiger partial charge < -0.3 is 5.32 Å². The highest BCUT2D eigenvalue weighted by atomic mass is 35.5. The van der Waals surface area contributed by atoms with Crippen LogP contribution in [0.5, 0.6) is 0 Å². The molecule has 0 aliphatic heterocycles. The van der Waals surface area contributed by atoms with E-state index in [-0.39, 0.29) is 15.6 Å². The first-order chi connectivity index (χ1) is 13.2. The molecule has 1 rings (SSSR count). The fourth-order valence-corrected chi connectivity index (χ4v) is 2.15. The number of hydrogen-bond acceptors (Lipinski definition) is 1. The van der Waals surface area contributed by atoms with Gasteiger partial charge in [-0.1, -0.05) is 29.3 Å². The number of alkyl halides is 12. The van der Waals surface area contributed by atoms with Crippen molar-refractivity contribution < 1.29 is 57.5 Å². The number of rotatable bonds is 8. The summed E-state index contributed by atoms with van der Waals surface area (Å²) in [6.45, 7) is -1.09. The van der Waals surface area contributed by atoms with Crippen molar-refractivity contribution in [2.75, 3.05) is 0 Å². The molecule has 1 N–H and O–H groups in total. The van der Waals surface area contributed by atoms with Crippen molar-refractivity contribution in [2.24, 2.45) is 0 Å². The fourth-order valence-electron chi connectivity index (χ4n) is 1.83. The second-order valence-corrected chi connectivity index (χ2v) is 6.47. The van der Waals surface area contributed by atoms with E-state index in [9.17, 15) is 57.5 Å². The number of carbonyl (C=O) groups excluding carboxylic acids is 1. The molecule has 1 amide bonds. The number of hydrogen-bond donors (Lipinski definition) is 1. The Morgan fingerprint density at radius 3 is 1.77 bits per heavy atom. The summed E-state index contributed by atoms with van der Waals surface area (Å²) in [6.07, 6.45) is -5.62. The van der Waals surface area contributed by atoms with Gasteiger partial charge >= 0.3 is 36.0 Å². The maximum absolute atomic E-state index is 13.6. The zero-order chi connectivity index (χ0) is 23.9. The predicted molar refractivity (Wildman–Crippen MR) is 79.0 cm³/mol. The Bertz CT molecular complexity index is 799. The van der Waals surface area contributed by atoms with E-state index < -0.39 is 48.5 Å². The third kappa shape index (κ3) is 4.12. The van der Waals surface area contributed by atoms with Crippen molar-refractivity contribution in [1.82, 2.24) is 5.32 Å². The summed E-state index contributed by atoms with van der Waals surface area (Å²) in [5.74, 6) is -40.1. The first-order valence-electron chi connectivity index (χ1n) is 7.14. The third-order valence-corrected chi connectivity index (χ3v) is 4.34. The van der Waals surface area contributed by atoms with Crippen molar-refractivity contribution in [3.8, 4) is 0 Å². The first kappa shape index (κ1) is 26.5. The highest BCUT2D eigenvalue weighted by Gasteiger charge is 2.89. The van der Waals surface area contributed by atoms with Crippen molar-refractivity contribution in [3.63, 3.8) is 0 Å². The van der Waals surface area contributed by atoms with Gasteiger partial charge in [-0.15, -0.1) is 0 Å². The predicted octanol–water partition coefficient (Wildman–Crippen LogP) is 6.05. The zero-order valence-electron chi connectivity index (χ0n) is 13.7. The van der Waals surface area contributed by atoms with E-state index in [2.05, 4.69) is 0 Å². The standard InChI is InChI=1S/C14H7Cl2F12NO/c15-6-2-1-5(3-7(6)16)4-29-9(30)11(21,22)13(25,26)14(27,28)12(23,24)10(19,20)8(17)18/h1-3,8H,4H2,(H,29,30). The SMILES string of the molecule is O=C(NCc1ccc(Cl)c(Cl)c1)C(F)(F)C(F)(F)C(F)(F)C(F)(F)C(F)(F)C(F)F. The van der Waals surface area contributed by atoms with E-state index in [1.165, 1.54) is 0 Å². The molecule has 0 bridgehead atoms. The van der Waals surface area contributed by atoms with Gasteiger partial charge in [-0.05, 0) is 17.7 Å². The largest absolute Gasteiger partial charge is 0.392 e. The Hall–Kier alpha value is -1.57. The van der Waals surface area contributed by atoms with Crippen LogP contribution in [0.15, 0.2) is 18.2 Å². The number of benzene rings is 1. The topological polar surface area (TPSA) is 29.1 Å². The molecule has 0 spiro atoms. The van der Waals surface area contributed by atoms with Gasteiger partial charge in [0.25, 0.3) is 5.91 Å². The van der Waals surface area contributed by atoms with E-state index in [4.69, 9.17) is 23.2 Å². The van der Waals surface area contributed by atoms with E-state index in [0.29, 0.717) is 0 Å². The molecule has 0 aliphatic rings. The Morgan fingerprint density at radius 1 is 0.833 bits per heavy atom. The summed E-state index contributed by atoms with van der Waals surface area (Å²) in [6, 6.07) is 2.99. The summed E-state index contributed by atoms with van der Waals surface area (Å²) < 4.78 is 156. The third-order valence-electron chi connectivity index (χ3n) is 3.60. The first-order valence-corrected chi connectivity index (χ1v) is 7.90. The smallest absolute Gasteiger partial charge is 0.347 e. The highest BCUT2D eigenvalue weighted by Crippen LogP contribution is 2.58. The van der Waals surface area contributed by atoms with Crippen molar-refractivity contribution in [2.45, 2.75) is 42.6 Å². The lowest BCUT2D eigenvalue weighted by Gasteiger charge is -2.38. The molecule has 0 heterocycles. The van der Waals surface area contributed by atoms with Crippen LogP contribution in [0.4, 0.5) is 52.7 Å². The quantitative estimate of drug-likeness (QED) is 0.430.